The molecule has 2 rings (SSSR count). The van der Waals surface area contributed by atoms with Crippen molar-refractivity contribution < 1.29 is 14.3 Å². The van der Waals surface area contributed by atoms with Crippen molar-refractivity contribution in [3.63, 3.8) is 0 Å². The number of halogens is 1. The number of nitrogens with one attached hydrogen (secondary N) is 1. The van der Waals surface area contributed by atoms with Crippen molar-refractivity contribution in [3.05, 3.63) is 17.8 Å². The molecule has 98 valence electrons. The van der Waals surface area contributed by atoms with Crippen LogP contribution in [0.4, 0.5) is 10.2 Å². The Morgan fingerprint density at radius 1 is 1.50 bits per heavy atom. The van der Waals surface area contributed by atoms with E-state index in [0.717, 1.165) is 12.8 Å². The summed E-state index contributed by atoms with van der Waals surface area (Å²) in [7, 11) is 0. The number of carboxylic acid groups (broad SMARTS) is 1. The fraction of sp³-hybridized carbons (Fsp3) is 0.583. The zero-order valence-electron chi connectivity index (χ0n) is 10.2. The summed E-state index contributed by atoms with van der Waals surface area (Å²) in [4.78, 5) is 18.9. The zero-order valence-corrected chi connectivity index (χ0v) is 10.2. The Kier molecular flexibility index (Phi) is 3.45. The van der Waals surface area contributed by atoms with Gasteiger partial charge in [0.2, 0.25) is 0 Å². The van der Waals surface area contributed by atoms with E-state index in [1.807, 2.05) is 0 Å². The van der Waals surface area contributed by atoms with Crippen LogP contribution in [0.5, 0.6) is 0 Å². The highest BCUT2D eigenvalue weighted by Gasteiger charge is 2.41. The van der Waals surface area contributed by atoms with Crippen LogP contribution in [0.3, 0.4) is 0 Å². The Balaban J connectivity index is 2.11. The third-order valence-corrected chi connectivity index (χ3v) is 3.57. The second-order valence-corrected chi connectivity index (χ2v) is 4.77. The summed E-state index contributed by atoms with van der Waals surface area (Å²) in [6, 6.07) is 0. The molecule has 5 nitrogen and oxygen atoms in total. The van der Waals surface area contributed by atoms with Gasteiger partial charge < -0.3 is 10.4 Å². The van der Waals surface area contributed by atoms with Gasteiger partial charge in [-0.05, 0) is 19.8 Å². The third-order valence-electron chi connectivity index (χ3n) is 3.57. The summed E-state index contributed by atoms with van der Waals surface area (Å²) in [5, 5.41) is 12.1. The van der Waals surface area contributed by atoms with Crippen LogP contribution in [0.25, 0.3) is 0 Å². The lowest BCUT2D eigenvalue weighted by atomic mass is 9.86. The molecule has 0 bridgehead atoms. The molecular formula is C12H16FN3O2. The number of nitrogens with zero attached hydrogens (tertiary/aromatic N) is 2. The minimum absolute atomic E-state index is 0.0787. The number of aromatic nitrogens is 2. The average Bonchev–Trinajstić information content (AvgIpc) is 2.81. The van der Waals surface area contributed by atoms with Crippen molar-refractivity contribution in [2.45, 2.75) is 32.6 Å². The van der Waals surface area contributed by atoms with Gasteiger partial charge in [-0.1, -0.05) is 12.8 Å². The summed E-state index contributed by atoms with van der Waals surface area (Å²) >= 11 is 0. The normalized spacial score (nSPS) is 17.7. The standard InChI is InChI=1S/C12H16FN3O2/c1-8-9(13)10(16-7-15-8)14-6-12(11(17)18)4-2-3-5-12/h7H,2-6H2,1H3,(H,17,18)(H,14,15,16). The number of aliphatic carboxylic acids is 1. The first kappa shape index (κ1) is 12.7. The van der Waals surface area contributed by atoms with Crippen LogP contribution in [-0.4, -0.2) is 27.6 Å². The second kappa shape index (κ2) is 4.88. The van der Waals surface area contributed by atoms with Crippen LogP contribution >= 0.6 is 0 Å². The van der Waals surface area contributed by atoms with Gasteiger partial charge in [0.15, 0.2) is 11.6 Å². The molecule has 0 aliphatic heterocycles. The molecule has 0 amide bonds. The number of hydrogen-bond acceptors (Lipinski definition) is 4. The first-order chi connectivity index (χ1) is 8.55. The van der Waals surface area contributed by atoms with Crippen molar-refractivity contribution in [2.24, 2.45) is 5.41 Å². The molecule has 0 saturated heterocycles. The number of carboxylic acids is 1. The Bertz CT molecular complexity index is 459. The van der Waals surface area contributed by atoms with E-state index in [2.05, 4.69) is 15.3 Å². The Morgan fingerprint density at radius 3 is 2.78 bits per heavy atom. The quantitative estimate of drug-likeness (QED) is 0.858. The molecule has 18 heavy (non-hydrogen) atoms. The van der Waals surface area contributed by atoms with Gasteiger partial charge in [0.1, 0.15) is 6.33 Å². The van der Waals surface area contributed by atoms with Gasteiger partial charge in [0, 0.05) is 6.54 Å². The summed E-state index contributed by atoms with van der Waals surface area (Å²) in [5.74, 6) is -1.26. The molecule has 1 heterocycles. The monoisotopic (exact) mass is 253 g/mol. The van der Waals surface area contributed by atoms with E-state index >= 15 is 0 Å². The molecule has 1 aromatic rings. The van der Waals surface area contributed by atoms with Crippen molar-refractivity contribution in [1.29, 1.82) is 0 Å². The molecule has 2 N–H and O–H groups in total. The summed E-state index contributed by atoms with van der Waals surface area (Å²) in [6.45, 7) is 1.75. The SMILES string of the molecule is Cc1ncnc(NCC2(C(=O)O)CCCC2)c1F. The van der Waals surface area contributed by atoms with Gasteiger partial charge in [0.05, 0.1) is 11.1 Å². The molecule has 1 saturated carbocycles. The highest BCUT2D eigenvalue weighted by atomic mass is 19.1. The maximum Gasteiger partial charge on any atom is 0.311 e. The van der Waals surface area contributed by atoms with Gasteiger partial charge >= 0.3 is 5.97 Å². The lowest BCUT2D eigenvalue weighted by molar-refractivity contribution is -0.147. The van der Waals surface area contributed by atoms with E-state index in [1.54, 1.807) is 6.92 Å². The molecule has 0 atom stereocenters. The maximum absolute atomic E-state index is 13.7. The smallest absolute Gasteiger partial charge is 0.311 e. The topological polar surface area (TPSA) is 75.1 Å². The molecule has 0 aromatic carbocycles. The van der Waals surface area contributed by atoms with Crippen molar-refractivity contribution >= 4 is 11.8 Å². The van der Waals surface area contributed by atoms with Crippen LogP contribution in [0, 0.1) is 18.2 Å². The first-order valence-electron chi connectivity index (χ1n) is 5.99. The lowest BCUT2D eigenvalue weighted by Gasteiger charge is -2.24. The number of carbonyl (C=O) groups is 1. The largest absolute Gasteiger partial charge is 0.481 e. The molecule has 0 unspecified atom stereocenters. The Labute approximate surface area is 104 Å². The van der Waals surface area contributed by atoms with E-state index < -0.39 is 17.2 Å². The maximum atomic E-state index is 13.7. The first-order valence-corrected chi connectivity index (χ1v) is 5.99. The predicted octanol–water partition coefficient (Wildman–Crippen LogP) is 1.98. The van der Waals surface area contributed by atoms with Crippen molar-refractivity contribution in [1.82, 2.24) is 9.97 Å². The third kappa shape index (κ3) is 2.27. The second-order valence-electron chi connectivity index (χ2n) is 4.77. The van der Waals surface area contributed by atoms with Crippen LogP contribution < -0.4 is 5.32 Å². The molecule has 6 heteroatoms. The zero-order chi connectivity index (χ0) is 13.2. The van der Waals surface area contributed by atoms with Crippen LogP contribution in [0.2, 0.25) is 0 Å². The molecule has 1 fully saturated rings. The minimum atomic E-state index is -0.821. The van der Waals surface area contributed by atoms with Crippen LogP contribution in [0.1, 0.15) is 31.4 Å². The van der Waals surface area contributed by atoms with Crippen LogP contribution in [0.15, 0.2) is 6.33 Å². The van der Waals surface area contributed by atoms with Gasteiger partial charge in [-0.3, -0.25) is 4.79 Å². The number of hydrogen-bond donors (Lipinski definition) is 2. The number of aryl methyl sites for hydroxylation is 1. The summed E-state index contributed by atoms with van der Waals surface area (Å²) in [5.41, 5.74) is -0.533. The highest BCUT2D eigenvalue weighted by Crippen LogP contribution is 2.38. The summed E-state index contributed by atoms with van der Waals surface area (Å²) in [6.07, 6.45) is 4.32. The number of anilines is 1. The van der Waals surface area contributed by atoms with E-state index in [0.29, 0.717) is 12.8 Å². The lowest BCUT2D eigenvalue weighted by Crippen LogP contribution is -2.35. The van der Waals surface area contributed by atoms with E-state index in [-0.39, 0.29) is 18.1 Å². The minimum Gasteiger partial charge on any atom is -0.481 e. The van der Waals surface area contributed by atoms with E-state index in [1.165, 1.54) is 6.33 Å². The molecular weight excluding hydrogens is 237 g/mol. The predicted molar refractivity (Wildman–Crippen MR) is 63.8 cm³/mol. The molecule has 1 aromatic heterocycles. The molecule has 1 aliphatic carbocycles. The van der Waals surface area contributed by atoms with E-state index in [9.17, 15) is 14.3 Å². The van der Waals surface area contributed by atoms with E-state index in [4.69, 9.17) is 0 Å². The number of rotatable bonds is 4. The fourth-order valence-corrected chi connectivity index (χ4v) is 2.35. The van der Waals surface area contributed by atoms with Gasteiger partial charge in [0.25, 0.3) is 0 Å². The molecule has 0 radical (unpaired) electrons. The van der Waals surface area contributed by atoms with Gasteiger partial charge in [-0.25, -0.2) is 14.4 Å². The molecule has 0 spiro atoms. The average molecular weight is 253 g/mol. The van der Waals surface area contributed by atoms with Gasteiger partial charge in [-0.2, -0.15) is 0 Å². The highest BCUT2D eigenvalue weighted by molar-refractivity contribution is 5.75. The van der Waals surface area contributed by atoms with Crippen molar-refractivity contribution in [2.75, 3.05) is 11.9 Å². The molecule has 1 aliphatic rings. The van der Waals surface area contributed by atoms with Crippen LogP contribution in [-0.2, 0) is 4.79 Å². The Morgan fingerprint density at radius 2 is 2.17 bits per heavy atom. The Hall–Kier alpha value is -1.72. The van der Waals surface area contributed by atoms with Gasteiger partial charge in [-0.15, -0.1) is 0 Å². The summed E-state index contributed by atoms with van der Waals surface area (Å²) < 4.78 is 13.7. The van der Waals surface area contributed by atoms with Crippen molar-refractivity contribution in [3.8, 4) is 0 Å². The fourth-order valence-electron chi connectivity index (χ4n) is 2.35.